The summed E-state index contributed by atoms with van der Waals surface area (Å²) in [7, 11) is 0. The molecule has 0 fully saturated rings. The highest BCUT2D eigenvalue weighted by Gasteiger charge is 2.08. The topological polar surface area (TPSA) is 49.3 Å². The summed E-state index contributed by atoms with van der Waals surface area (Å²) in [6, 6.07) is 17.7. The van der Waals surface area contributed by atoms with E-state index in [1.54, 1.807) is 0 Å². The van der Waals surface area contributed by atoms with Crippen molar-refractivity contribution in [3.05, 3.63) is 71.3 Å². The molecule has 3 nitrogen and oxygen atoms in total. The Labute approximate surface area is 125 Å². The van der Waals surface area contributed by atoms with Crippen LogP contribution in [0.5, 0.6) is 0 Å². The number of aryl methyl sites for hydroxylation is 1. The van der Waals surface area contributed by atoms with E-state index < -0.39 is 6.10 Å². The maximum Gasteiger partial charge on any atom is 0.224 e. The second kappa shape index (κ2) is 7.60. The normalized spacial score (nSPS) is 11.9. The van der Waals surface area contributed by atoms with Crippen LogP contribution < -0.4 is 5.32 Å². The van der Waals surface area contributed by atoms with Gasteiger partial charge in [-0.25, -0.2) is 0 Å². The van der Waals surface area contributed by atoms with Crippen molar-refractivity contribution in [1.82, 2.24) is 5.32 Å². The molecule has 0 aromatic heterocycles. The quantitative estimate of drug-likeness (QED) is 0.854. The molecule has 3 heteroatoms. The second-order valence-corrected chi connectivity index (χ2v) is 5.31. The number of hydrogen-bond donors (Lipinski definition) is 2. The van der Waals surface area contributed by atoms with Crippen LogP contribution in [0.15, 0.2) is 54.6 Å². The van der Waals surface area contributed by atoms with Crippen molar-refractivity contribution in [2.75, 3.05) is 6.54 Å². The number of carbonyl (C=O) groups excluding carboxylic acids is 1. The third kappa shape index (κ3) is 5.40. The molecular weight excluding hydrogens is 262 g/mol. The lowest BCUT2D eigenvalue weighted by Gasteiger charge is -2.12. The molecule has 0 saturated carbocycles. The average Bonchev–Trinajstić information content (AvgIpc) is 2.46. The van der Waals surface area contributed by atoms with Crippen LogP contribution in [0.4, 0.5) is 0 Å². The molecule has 0 bridgehead atoms. The molecule has 2 rings (SSSR count). The summed E-state index contributed by atoms with van der Waals surface area (Å²) >= 11 is 0. The van der Waals surface area contributed by atoms with Crippen LogP contribution in [0, 0.1) is 6.92 Å². The second-order valence-electron chi connectivity index (χ2n) is 5.31. The summed E-state index contributed by atoms with van der Waals surface area (Å²) in [6.45, 7) is 2.28. The first kappa shape index (κ1) is 15.3. The van der Waals surface area contributed by atoms with E-state index >= 15 is 0 Å². The number of rotatable bonds is 6. The van der Waals surface area contributed by atoms with Crippen LogP contribution in [-0.2, 0) is 17.6 Å². The van der Waals surface area contributed by atoms with Crippen molar-refractivity contribution in [3.8, 4) is 0 Å². The summed E-state index contributed by atoms with van der Waals surface area (Å²) in [5, 5.41) is 12.7. The van der Waals surface area contributed by atoms with Crippen molar-refractivity contribution in [3.63, 3.8) is 0 Å². The van der Waals surface area contributed by atoms with Crippen molar-refractivity contribution < 1.29 is 9.90 Å². The van der Waals surface area contributed by atoms with E-state index in [9.17, 15) is 9.90 Å². The minimum atomic E-state index is -0.561. The van der Waals surface area contributed by atoms with Crippen LogP contribution in [0.2, 0.25) is 0 Å². The number of hydrogen-bond acceptors (Lipinski definition) is 2. The van der Waals surface area contributed by atoms with Gasteiger partial charge >= 0.3 is 0 Å². The van der Waals surface area contributed by atoms with Crippen molar-refractivity contribution in [2.45, 2.75) is 25.9 Å². The first-order valence-corrected chi connectivity index (χ1v) is 7.18. The molecule has 0 aliphatic rings. The van der Waals surface area contributed by atoms with Crippen molar-refractivity contribution in [2.24, 2.45) is 0 Å². The molecule has 2 aromatic rings. The molecule has 0 saturated heterocycles. The Kier molecular flexibility index (Phi) is 5.52. The van der Waals surface area contributed by atoms with Crippen molar-refractivity contribution in [1.29, 1.82) is 0 Å². The number of nitrogens with one attached hydrogen (secondary N) is 1. The van der Waals surface area contributed by atoms with E-state index in [0.29, 0.717) is 12.8 Å². The number of aliphatic hydroxyl groups is 1. The summed E-state index contributed by atoms with van der Waals surface area (Å²) in [4.78, 5) is 11.9. The number of aliphatic hydroxyl groups excluding tert-OH is 1. The molecular formula is C18H21NO2. The Bertz CT molecular complexity index is 581. The molecule has 0 heterocycles. The van der Waals surface area contributed by atoms with E-state index in [1.807, 2.05) is 61.5 Å². The maximum atomic E-state index is 11.9. The van der Waals surface area contributed by atoms with Gasteiger partial charge in [0.05, 0.1) is 12.5 Å². The van der Waals surface area contributed by atoms with E-state index in [-0.39, 0.29) is 12.5 Å². The van der Waals surface area contributed by atoms with Gasteiger partial charge in [-0.3, -0.25) is 4.79 Å². The van der Waals surface area contributed by atoms with Crippen molar-refractivity contribution >= 4 is 5.91 Å². The van der Waals surface area contributed by atoms with Gasteiger partial charge in [-0.1, -0.05) is 60.2 Å². The van der Waals surface area contributed by atoms with Crippen LogP contribution in [0.3, 0.4) is 0 Å². The van der Waals surface area contributed by atoms with Gasteiger partial charge in [0, 0.05) is 13.0 Å². The lowest BCUT2D eigenvalue weighted by molar-refractivity contribution is -0.120. The minimum Gasteiger partial charge on any atom is -0.391 e. The predicted octanol–water partition coefficient (Wildman–Crippen LogP) is 2.26. The Balaban J connectivity index is 1.76. The Hall–Kier alpha value is -2.13. The molecule has 0 aliphatic carbocycles. The lowest BCUT2D eigenvalue weighted by atomic mass is 10.1. The zero-order chi connectivity index (χ0) is 15.1. The van der Waals surface area contributed by atoms with Gasteiger partial charge < -0.3 is 10.4 Å². The zero-order valence-corrected chi connectivity index (χ0v) is 12.3. The zero-order valence-electron chi connectivity index (χ0n) is 12.3. The van der Waals surface area contributed by atoms with Gasteiger partial charge in [0.15, 0.2) is 0 Å². The summed E-state index contributed by atoms with van der Waals surface area (Å²) in [5.41, 5.74) is 3.20. The molecule has 0 radical (unpaired) electrons. The molecule has 0 spiro atoms. The third-order valence-electron chi connectivity index (χ3n) is 3.30. The van der Waals surface area contributed by atoms with Gasteiger partial charge in [0.2, 0.25) is 5.91 Å². The lowest BCUT2D eigenvalue weighted by Crippen LogP contribution is -2.34. The maximum absolute atomic E-state index is 11.9. The number of amides is 1. The highest BCUT2D eigenvalue weighted by Crippen LogP contribution is 2.05. The van der Waals surface area contributed by atoms with E-state index in [1.165, 1.54) is 0 Å². The van der Waals surface area contributed by atoms with Crippen LogP contribution in [0.1, 0.15) is 16.7 Å². The summed E-state index contributed by atoms with van der Waals surface area (Å²) in [5.74, 6) is -0.0623. The largest absolute Gasteiger partial charge is 0.391 e. The molecule has 2 aromatic carbocycles. The van der Waals surface area contributed by atoms with Crippen LogP contribution >= 0.6 is 0 Å². The summed E-state index contributed by atoms with van der Waals surface area (Å²) in [6.07, 6.45) is 0.333. The fraction of sp³-hybridized carbons (Fsp3) is 0.278. The third-order valence-corrected chi connectivity index (χ3v) is 3.30. The highest BCUT2D eigenvalue weighted by molar-refractivity contribution is 5.78. The minimum absolute atomic E-state index is 0.0623. The highest BCUT2D eigenvalue weighted by atomic mass is 16.3. The van der Waals surface area contributed by atoms with E-state index in [4.69, 9.17) is 0 Å². The van der Waals surface area contributed by atoms with Gasteiger partial charge in [-0.15, -0.1) is 0 Å². The first-order valence-electron chi connectivity index (χ1n) is 7.18. The molecule has 21 heavy (non-hydrogen) atoms. The fourth-order valence-electron chi connectivity index (χ4n) is 2.26. The standard InChI is InChI=1S/C18H21NO2/c1-14-6-5-9-16(10-14)12-18(21)19-13-17(20)11-15-7-3-2-4-8-15/h2-10,17,20H,11-13H2,1H3,(H,19,21). The monoisotopic (exact) mass is 283 g/mol. The van der Waals surface area contributed by atoms with E-state index in [0.717, 1.165) is 16.7 Å². The smallest absolute Gasteiger partial charge is 0.224 e. The Morgan fingerprint density at radius 3 is 2.52 bits per heavy atom. The SMILES string of the molecule is Cc1cccc(CC(=O)NCC(O)Cc2ccccc2)c1. The summed E-state index contributed by atoms with van der Waals surface area (Å²) < 4.78 is 0. The first-order chi connectivity index (χ1) is 10.1. The molecule has 110 valence electrons. The predicted molar refractivity (Wildman–Crippen MR) is 84.0 cm³/mol. The van der Waals surface area contributed by atoms with Crippen LogP contribution in [-0.4, -0.2) is 23.7 Å². The van der Waals surface area contributed by atoms with Crippen LogP contribution in [0.25, 0.3) is 0 Å². The average molecular weight is 283 g/mol. The molecule has 0 aliphatic heterocycles. The number of benzene rings is 2. The number of carbonyl (C=O) groups is 1. The van der Waals surface area contributed by atoms with Gasteiger partial charge in [0.1, 0.15) is 0 Å². The van der Waals surface area contributed by atoms with Gasteiger partial charge in [-0.05, 0) is 18.1 Å². The van der Waals surface area contributed by atoms with Gasteiger partial charge in [0.25, 0.3) is 0 Å². The molecule has 2 N–H and O–H groups in total. The van der Waals surface area contributed by atoms with Gasteiger partial charge in [-0.2, -0.15) is 0 Å². The molecule has 1 amide bonds. The molecule has 1 unspecified atom stereocenters. The van der Waals surface area contributed by atoms with E-state index in [2.05, 4.69) is 5.32 Å². The molecule has 1 atom stereocenters. The fourth-order valence-corrected chi connectivity index (χ4v) is 2.26. The Morgan fingerprint density at radius 1 is 1.10 bits per heavy atom. The Morgan fingerprint density at radius 2 is 1.81 bits per heavy atom.